The second-order valence-electron chi connectivity index (χ2n) is 2.74. The van der Waals surface area contributed by atoms with E-state index in [-0.39, 0.29) is 5.75 Å². The molecule has 0 bridgehead atoms. The highest BCUT2D eigenvalue weighted by atomic mass is 16.5. The highest BCUT2D eigenvalue weighted by molar-refractivity contribution is 5.91. The maximum atomic E-state index is 10.9. The lowest BCUT2D eigenvalue weighted by Gasteiger charge is -2.01. The van der Waals surface area contributed by atoms with Crippen LogP contribution < -0.4 is 4.74 Å². The van der Waals surface area contributed by atoms with E-state index >= 15 is 0 Å². The van der Waals surface area contributed by atoms with Crippen LogP contribution in [0.2, 0.25) is 0 Å². The number of carboxylic acid groups (broad SMARTS) is 1. The lowest BCUT2D eigenvalue weighted by Crippen LogP contribution is -2.12. The summed E-state index contributed by atoms with van der Waals surface area (Å²) >= 11 is 0. The Balaban J connectivity index is 2.65. The minimum Gasteiger partial charge on any atom is -0.481 e. The summed E-state index contributed by atoms with van der Waals surface area (Å²) in [6, 6.07) is 5.68. The first-order valence-electron chi connectivity index (χ1n) is 4.22. The van der Waals surface area contributed by atoms with Gasteiger partial charge >= 0.3 is 11.9 Å². The van der Waals surface area contributed by atoms with Crippen LogP contribution in [0.3, 0.4) is 0 Å². The molecule has 0 radical (unpaired) electrons. The number of isocyanates is 1. The van der Waals surface area contributed by atoms with E-state index in [0.29, 0.717) is 5.69 Å². The zero-order valence-electron chi connectivity index (χ0n) is 8.04. The van der Waals surface area contributed by atoms with Crippen molar-refractivity contribution in [3.05, 3.63) is 24.3 Å². The van der Waals surface area contributed by atoms with Gasteiger partial charge in [0.05, 0.1) is 5.69 Å². The van der Waals surface area contributed by atoms with Crippen molar-refractivity contribution in [3.8, 4) is 5.75 Å². The molecule has 16 heavy (non-hydrogen) atoms. The van der Waals surface area contributed by atoms with Crippen LogP contribution in [0.25, 0.3) is 0 Å². The Morgan fingerprint density at radius 3 is 2.44 bits per heavy atom. The Bertz CT molecular complexity index is 445. The molecule has 1 rings (SSSR count). The molecule has 0 aliphatic carbocycles. The number of benzene rings is 1. The lowest BCUT2D eigenvalue weighted by molar-refractivity contribution is -0.145. The third-order valence-electron chi connectivity index (χ3n) is 1.54. The number of hydrogen-bond acceptors (Lipinski definition) is 5. The van der Waals surface area contributed by atoms with Crippen LogP contribution in [-0.4, -0.2) is 23.1 Å². The lowest BCUT2D eigenvalue weighted by atomic mass is 10.3. The maximum Gasteiger partial charge on any atom is 0.322 e. The zero-order chi connectivity index (χ0) is 12.0. The highest BCUT2D eigenvalue weighted by Crippen LogP contribution is 2.17. The van der Waals surface area contributed by atoms with Gasteiger partial charge in [-0.15, -0.1) is 0 Å². The van der Waals surface area contributed by atoms with Gasteiger partial charge in [-0.3, -0.25) is 9.59 Å². The third-order valence-corrected chi connectivity index (χ3v) is 1.54. The van der Waals surface area contributed by atoms with Crippen molar-refractivity contribution < 1.29 is 24.2 Å². The van der Waals surface area contributed by atoms with Crippen molar-refractivity contribution >= 4 is 23.7 Å². The fourth-order valence-electron chi connectivity index (χ4n) is 0.932. The molecular weight excluding hydrogens is 214 g/mol. The van der Waals surface area contributed by atoms with Gasteiger partial charge in [0, 0.05) is 0 Å². The molecule has 0 heterocycles. The summed E-state index contributed by atoms with van der Waals surface area (Å²) in [6.07, 6.45) is 0.660. The first kappa shape index (κ1) is 11.6. The zero-order valence-corrected chi connectivity index (χ0v) is 8.04. The molecule has 0 spiro atoms. The van der Waals surface area contributed by atoms with Gasteiger partial charge in [-0.25, -0.2) is 4.79 Å². The minimum absolute atomic E-state index is 0.191. The number of nitrogens with zero attached hydrogens (tertiary/aromatic N) is 1. The van der Waals surface area contributed by atoms with Crippen LogP contribution in [-0.2, 0) is 14.4 Å². The molecule has 82 valence electrons. The molecule has 6 heteroatoms. The number of hydrogen-bond donors (Lipinski definition) is 1. The van der Waals surface area contributed by atoms with Crippen molar-refractivity contribution in [1.29, 1.82) is 0 Å². The molecule has 1 aromatic carbocycles. The molecular formula is C10H7NO5. The monoisotopic (exact) mass is 221 g/mol. The summed E-state index contributed by atoms with van der Waals surface area (Å²) < 4.78 is 4.70. The molecule has 0 saturated carbocycles. The summed E-state index contributed by atoms with van der Waals surface area (Å²) in [4.78, 5) is 34.4. The van der Waals surface area contributed by atoms with Crippen molar-refractivity contribution in [3.63, 3.8) is 0 Å². The first-order chi connectivity index (χ1) is 7.61. The summed E-state index contributed by atoms with van der Waals surface area (Å²) in [5, 5.41) is 8.32. The Morgan fingerprint density at radius 1 is 1.31 bits per heavy atom. The van der Waals surface area contributed by atoms with Crippen LogP contribution in [0, 0.1) is 0 Å². The third kappa shape index (κ3) is 3.73. The molecule has 0 aliphatic rings. The van der Waals surface area contributed by atoms with E-state index in [9.17, 15) is 14.4 Å². The normalized spacial score (nSPS) is 9.00. The molecule has 0 fully saturated rings. The largest absolute Gasteiger partial charge is 0.481 e. The molecule has 0 unspecified atom stereocenters. The predicted octanol–water partition coefficient (Wildman–Crippen LogP) is 1.03. The van der Waals surface area contributed by atoms with Gasteiger partial charge in [-0.2, -0.15) is 4.99 Å². The summed E-state index contributed by atoms with van der Waals surface area (Å²) in [5.41, 5.74) is 0.369. The van der Waals surface area contributed by atoms with E-state index in [1.807, 2.05) is 0 Å². The molecule has 0 aromatic heterocycles. The number of esters is 1. The molecule has 0 amide bonds. The number of carbonyl (C=O) groups is 2. The van der Waals surface area contributed by atoms with Crippen molar-refractivity contribution in [2.24, 2.45) is 4.99 Å². The van der Waals surface area contributed by atoms with E-state index in [4.69, 9.17) is 9.84 Å². The second-order valence-corrected chi connectivity index (χ2v) is 2.74. The Kier molecular flexibility index (Phi) is 3.94. The average Bonchev–Trinajstić information content (AvgIpc) is 2.20. The van der Waals surface area contributed by atoms with Crippen LogP contribution >= 0.6 is 0 Å². The fourth-order valence-corrected chi connectivity index (χ4v) is 0.932. The van der Waals surface area contributed by atoms with E-state index in [1.165, 1.54) is 30.3 Å². The van der Waals surface area contributed by atoms with Gasteiger partial charge in [-0.1, -0.05) is 0 Å². The van der Waals surface area contributed by atoms with Crippen molar-refractivity contribution in [2.75, 3.05) is 0 Å². The number of rotatable bonds is 4. The van der Waals surface area contributed by atoms with Crippen LogP contribution in [0.4, 0.5) is 5.69 Å². The second kappa shape index (κ2) is 5.43. The molecule has 0 saturated heterocycles. The Morgan fingerprint density at radius 2 is 1.94 bits per heavy atom. The van der Waals surface area contributed by atoms with Crippen LogP contribution in [0.1, 0.15) is 6.42 Å². The van der Waals surface area contributed by atoms with Gasteiger partial charge in [0.25, 0.3) is 0 Å². The number of aliphatic imine (C=N–C) groups is 1. The molecule has 6 nitrogen and oxygen atoms in total. The molecule has 0 atom stereocenters. The van der Waals surface area contributed by atoms with Crippen molar-refractivity contribution in [2.45, 2.75) is 6.42 Å². The SMILES string of the molecule is O=C=Nc1ccc(OC(=O)CC(=O)O)cc1. The standard InChI is InChI=1S/C10H7NO5/c12-6-11-7-1-3-8(4-2-7)16-10(15)5-9(13)14/h1-4H,5H2,(H,13,14). The molecule has 1 aromatic rings. The van der Waals surface area contributed by atoms with E-state index in [1.54, 1.807) is 0 Å². The summed E-state index contributed by atoms with van der Waals surface area (Å²) in [6.45, 7) is 0. The van der Waals surface area contributed by atoms with Gasteiger partial charge in [-0.05, 0) is 24.3 Å². The summed E-state index contributed by atoms with van der Waals surface area (Å²) in [7, 11) is 0. The Labute approximate surface area is 90.2 Å². The summed E-state index contributed by atoms with van der Waals surface area (Å²) in [5.74, 6) is -1.93. The molecule has 1 N–H and O–H groups in total. The van der Waals surface area contributed by atoms with E-state index in [2.05, 4.69) is 4.99 Å². The number of ether oxygens (including phenoxy) is 1. The van der Waals surface area contributed by atoms with E-state index in [0.717, 1.165) is 0 Å². The van der Waals surface area contributed by atoms with Crippen LogP contribution in [0.15, 0.2) is 29.3 Å². The highest BCUT2D eigenvalue weighted by Gasteiger charge is 2.09. The topological polar surface area (TPSA) is 93.0 Å². The van der Waals surface area contributed by atoms with Crippen molar-refractivity contribution in [1.82, 2.24) is 0 Å². The van der Waals surface area contributed by atoms with Gasteiger partial charge in [0.1, 0.15) is 12.2 Å². The Hall–Kier alpha value is -2.46. The quantitative estimate of drug-likeness (QED) is 0.269. The van der Waals surface area contributed by atoms with Crippen LogP contribution in [0.5, 0.6) is 5.75 Å². The van der Waals surface area contributed by atoms with Gasteiger partial charge in [0.2, 0.25) is 6.08 Å². The minimum atomic E-state index is -1.26. The average molecular weight is 221 g/mol. The maximum absolute atomic E-state index is 10.9. The first-order valence-corrected chi connectivity index (χ1v) is 4.22. The smallest absolute Gasteiger partial charge is 0.322 e. The predicted molar refractivity (Wildman–Crippen MR) is 52.1 cm³/mol. The number of aliphatic carboxylic acids is 1. The number of carbonyl (C=O) groups excluding carboxylic acids is 2. The number of carboxylic acids is 1. The van der Waals surface area contributed by atoms with E-state index < -0.39 is 18.4 Å². The van der Waals surface area contributed by atoms with Gasteiger partial charge < -0.3 is 9.84 Å². The van der Waals surface area contributed by atoms with Gasteiger partial charge in [0.15, 0.2) is 0 Å². The molecule has 0 aliphatic heterocycles. The fraction of sp³-hybridized carbons (Fsp3) is 0.100.